The predicted octanol–water partition coefficient (Wildman–Crippen LogP) is 1.34. The third-order valence-corrected chi connectivity index (χ3v) is 4.63. The van der Waals surface area contributed by atoms with Crippen molar-refractivity contribution in [1.29, 1.82) is 0 Å². The Morgan fingerprint density at radius 2 is 1.71 bits per heavy atom. The second-order valence-corrected chi connectivity index (χ2v) is 7.25. The van der Waals surface area contributed by atoms with Gasteiger partial charge in [-0.2, -0.15) is 8.42 Å². The number of nitrogens with one attached hydrogen (secondary N) is 1. The average molecular weight is 329 g/mol. The molecular weight excluding hydrogens is 318 g/mol. The van der Waals surface area contributed by atoms with Crippen molar-refractivity contribution in [3.63, 3.8) is 0 Å². The Morgan fingerprint density at radius 3 is 2.24 bits per heavy atom. The molecule has 0 aliphatic rings. The van der Waals surface area contributed by atoms with Crippen molar-refractivity contribution >= 4 is 31.5 Å². The summed E-state index contributed by atoms with van der Waals surface area (Å²) in [4.78, 5) is 5.98. The maximum Gasteiger partial charge on any atom is 0.264 e. The van der Waals surface area contributed by atoms with Crippen LogP contribution in [0.15, 0.2) is 23.1 Å². The quantitative estimate of drug-likeness (QED) is 0.465. The third-order valence-electron chi connectivity index (χ3n) is 2.37. The Hall–Kier alpha value is -1.98. The van der Waals surface area contributed by atoms with Crippen LogP contribution in [0.3, 0.4) is 0 Å². The minimum absolute atomic E-state index is 0.0512. The Bertz CT molecular complexity index is 816. The fourth-order valence-electron chi connectivity index (χ4n) is 1.40. The molecule has 0 aliphatic heterocycles. The lowest BCUT2D eigenvalue weighted by atomic mass is 10.3. The summed E-state index contributed by atoms with van der Waals surface area (Å²) in [5.41, 5.74) is -0.0267. The molecule has 0 aliphatic carbocycles. The topological polar surface area (TPSA) is 109 Å². The molecule has 1 aromatic carbocycles. The average Bonchev–Trinajstić information content (AvgIpc) is 2.41. The van der Waals surface area contributed by atoms with Gasteiger partial charge >= 0.3 is 0 Å². The summed E-state index contributed by atoms with van der Waals surface area (Å²) in [6.07, 6.45) is -0.0894. The predicted molar refractivity (Wildman–Crippen MR) is 75.2 cm³/mol. The van der Waals surface area contributed by atoms with E-state index in [1.54, 1.807) is 0 Å². The molecule has 2 N–H and O–H groups in total. The lowest BCUT2D eigenvalue weighted by molar-refractivity contribution is 0.480. The van der Waals surface area contributed by atoms with Crippen LogP contribution in [0.5, 0.6) is 0 Å². The van der Waals surface area contributed by atoms with Gasteiger partial charge in [-0.3, -0.25) is 14.2 Å². The third kappa shape index (κ3) is 5.13. The zero-order valence-corrected chi connectivity index (χ0v) is 12.3. The molecule has 0 spiro atoms. The zero-order valence-electron chi connectivity index (χ0n) is 10.6. The van der Waals surface area contributed by atoms with Gasteiger partial charge in [-0.15, -0.1) is 0 Å². The number of rotatable bonds is 6. The zero-order chi connectivity index (χ0) is 16.1. The van der Waals surface area contributed by atoms with Crippen LogP contribution >= 0.6 is 0 Å². The highest BCUT2D eigenvalue weighted by Crippen LogP contribution is 2.30. The standard InChI is InChI=1S/C11H11N3O5S2/c1-12-10-5-4-9(8-11(10)13-2)21(18,19)14-6-3-7-20(15,16)17/h4-5,8,14H,3,6-7H2,(H,15,16,17). The minimum atomic E-state index is -4.13. The largest absolute Gasteiger partial charge is 0.286 e. The van der Waals surface area contributed by atoms with E-state index < -0.39 is 25.9 Å². The Labute approximate surface area is 122 Å². The fraction of sp³-hybridized carbons (Fsp3) is 0.273. The Morgan fingerprint density at radius 1 is 1.10 bits per heavy atom. The summed E-state index contributed by atoms with van der Waals surface area (Å²) in [5, 5.41) is 0. The minimum Gasteiger partial charge on any atom is -0.286 e. The van der Waals surface area contributed by atoms with Crippen LogP contribution in [0.2, 0.25) is 0 Å². The summed E-state index contributed by atoms with van der Waals surface area (Å²) in [6.45, 7) is 13.6. The van der Waals surface area contributed by atoms with Crippen LogP contribution < -0.4 is 4.72 Å². The van der Waals surface area contributed by atoms with Gasteiger partial charge < -0.3 is 0 Å². The molecular formula is C11H11N3O5S2. The van der Waals surface area contributed by atoms with Crippen molar-refractivity contribution in [2.75, 3.05) is 12.3 Å². The van der Waals surface area contributed by atoms with Gasteiger partial charge in [0.2, 0.25) is 10.0 Å². The SMILES string of the molecule is [C-]#[N+]c1ccc(S(=O)(=O)NCCCS(=O)(=O)O)cc1[N+]#[C-]. The van der Waals surface area contributed by atoms with Gasteiger partial charge in [-0.25, -0.2) is 13.1 Å². The first-order valence-electron chi connectivity index (χ1n) is 5.53. The van der Waals surface area contributed by atoms with Gasteiger partial charge in [-0.05, 0) is 12.5 Å². The van der Waals surface area contributed by atoms with E-state index in [1.165, 1.54) is 12.1 Å². The normalized spacial score (nSPS) is 11.6. The Kier molecular flexibility index (Phi) is 5.41. The van der Waals surface area contributed by atoms with E-state index >= 15 is 0 Å². The molecule has 1 aromatic rings. The van der Waals surface area contributed by atoms with Gasteiger partial charge in [0.05, 0.1) is 23.8 Å². The van der Waals surface area contributed by atoms with Crippen LogP contribution in [0.25, 0.3) is 9.69 Å². The molecule has 112 valence electrons. The van der Waals surface area contributed by atoms with Crippen LogP contribution in [0, 0.1) is 13.1 Å². The second kappa shape index (κ2) is 6.65. The maximum atomic E-state index is 11.9. The van der Waals surface area contributed by atoms with Crippen LogP contribution in [0.1, 0.15) is 6.42 Å². The van der Waals surface area contributed by atoms with Crippen LogP contribution in [-0.4, -0.2) is 33.7 Å². The summed E-state index contributed by atoms with van der Waals surface area (Å²) >= 11 is 0. The van der Waals surface area contributed by atoms with Gasteiger partial charge in [0, 0.05) is 6.54 Å². The molecule has 0 amide bonds. The van der Waals surface area contributed by atoms with E-state index in [1.807, 2.05) is 0 Å². The molecule has 0 aromatic heterocycles. The van der Waals surface area contributed by atoms with Crippen LogP contribution in [0.4, 0.5) is 11.4 Å². The monoisotopic (exact) mass is 329 g/mol. The maximum absolute atomic E-state index is 11.9. The van der Waals surface area contributed by atoms with E-state index in [9.17, 15) is 16.8 Å². The highest BCUT2D eigenvalue weighted by molar-refractivity contribution is 7.89. The van der Waals surface area contributed by atoms with Crippen molar-refractivity contribution < 1.29 is 21.4 Å². The van der Waals surface area contributed by atoms with Gasteiger partial charge in [0.15, 0.2) is 11.4 Å². The van der Waals surface area contributed by atoms with E-state index in [0.29, 0.717) is 0 Å². The summed E-state index contributed by atoms with van der Waals surface area (Å²) in [7, 11) is -8.04. The number of sulfonamides is 1. The van der Waals surface area contributed by atoms with Gasteiger partial charge in [0.1, 0.15) is 0 Å². The van der Waals surface area contributed by atoms with Crippen molar-refractivity contribution in [3.8, 4) is 0 Å². The smallest absolute Gasteiger partial charge is 0.264 e. The number of hydrogen-bond acceptors (Lipinski definition) is 4. The van der Waals surface area contributed by atoms with E-state index in [-0.39, 0.29) is 29.2 Å². The highest BCUT2D eigenvalue weighted by Gasteiger charge is 2.16. The Balaban J connectivity index is 2.85. The van der Waals surface area contributed by atoms with Crippen molar-refractivity contribution in [3.05, 3.63) is 41.0 Å². The lowest BCUT2D eigenvalue weighted by Crippen LogP contribution is -2.26. The summed E-state index contributed by atoms with van der Waals surface area (Å²) < 4.78 is 55.5. The first-order valence-corrected chi connectivity index (χ1v) is 8.62. The lowest BCUT2D eigenvalue weighted by Gasteiger charge is -2.07. The molecule has 0 saturated carbocycles. The molecule has 0 radical (unpaired) electrons. The molecule has 21 heavy (non-hydrogen) atoms. The van der Waals surface area contributed by atoms with E-state index in [4.69, 9.17) is 17.7 Å². The van der Waals surface area contributed by atoms with Crippen LogP contribution in [-0.2, 0) is 20.1 Å². The molecule has 0 atom stereocenters. The number of benzene rings is 1. The summed E-state index contributed by atoms with van der Waals surface area (Å²) in [6, 6.07) is 3.49. The molecule has 8 nitrogen and oxygen atoms in total. The number of hydrogen-bond donors (Lipinski definition) is 2. The van der Waals surface area contributed by atoms with E-state index in [0.717, 1.165) is 6.07 Å². The molecule has 0 unspecified atom stereocenters. The first-order chi connectivity index (χ1) is 9.69. The molecule has 0 bridgehead atoms. The van der Waals surface area contributed by atoms with Gasteiger partial charge in [-0.1, -0.05) is 12.1 Å². The van der Waals surface area contributed by atoms with Crippen molar-refractivity contribution in [1.82, 2.24) is 4.72 Å². The fourth-order valence-corrected chi connectivity index (χ4v) is 3.00. The molecule has 0 heterocycles. The first kappa shape index (κ1) is 17.1. The second-order valence-electron chi connectivity index (χ2n) is 3.91. The number of nitrogens with zero attached hydrogens (tertiary/aromatic N) is 2. The van der Waals surface area contributed by atoms with Gasteiger partial charge in [0.25, 0.3) is 10.1 Å². The molecule has 0 fully saturated rings. The molecule has 10 heteroatoms. The van der Waals surface area contributed by atoms with Crippen molar-refractivity contribution in [2.45, 2.75) is 11.3 Å². The molecule has 0 saturated heterocycles. The molecule has 1 rings (SSSR count). The highest BCUT2D eigenvalue weighted by atomic mass is 32.2. The summed E-state index contributed by atoms with van der Waals surface area (Å²) in [5.74, 6) is -0.556. The van der Waals surface area contributed by atoms with E-state index in [2.05, 4.69) is 14.4 Å². The van der Waals surface area contributed by atoms with Crippen molar-refractivity contribution in [2.24, 2.45) is 0 Å².